The van der Waals surface area contributed by atoms with Gasteiger partial charge in [0.05, 0.1) is 0 Å². The second-order valence-electron chi connectivity index (χ2n) is 5.76. The van der Waals surface area contributed by atoms with Crippen LogP contribution >= 0.6 is 24.0 Å². The number of ether oxygens (including phenoxy) is 2. The summed E-state index contributed by atoms with van der Waals surface area (Å²) in [6.07, 6.45) is 3.08. The monoisotopic (exact) mass is 375 g/mol. The summed E-state index contributed by atoms with van der Waals surface area (Å²) < 4.78 is 11.9. The van der Waals surface area contributed by atoms with Gasteiger partial charge in [0.2, 0.25) is 0 Å². The van der Waals surface area contributed by atoms with Gasteiger partial charge in [-0.3, -0.25) is 0 Å². The first-order valence-electron chi connectivity index (χ1n) is 8.28. The van der Waals surface area contributed by atoms with Gasteiger partial charge in [-0.15, -0.1) is 11.8 Å². The predicted octanol–water partition coefficient (Wildman–Crippen LogP) is 5.05. The minimum atomic E-state index is 0.346. The first-order valence-corrected chi connectivity index (χ1v) is 9.91. The van der Waals surface area contributed by atoms with Crippen LogP contribution in [0.2, 0.25) is 0 Å². The van der Waals surface area contributed by atoms with Crippen molar-refractivity contribution in [3.63, 3.8) is 0 Å². The van der Waals surface area contributed by atoms with Crippen LogP contribution in [0.25, 0.3) is 0 Å². The summed E-state index contributed by atoms with van der Waals surface area (Å²) in [4.78, 5) is 1.12. The largest absolute Gasteiger partial charge is 0.488 e. The van der Waals surface area contributed by atoms with E-state index in [1.165, 1.54) is 11.1 Å². The zero-order valence-corrected chi connectivity index (χ0v) is 17.1. The van der Waals surface area contributed by atoms with Crippen LogP contribution < -0.4 is 14.8 Å². The van der Waals surface area contributed by atoms with Crippen molar-refractivity contribution >= 4 is 29.2 Å². The number of nitrogens with one attached hydrogen (secondary N) is 1. The Balaban J connectivity index is 2.28. The molecule has 3 nitrogen and oxygen atoms in total. The predicted molar refractivity (Wildman–Crippen MR) is 110 cm³/mol. The average molecular weight is 376 g/mol. The minimum absolute atomic E-state index is 0.346. The van der Waals surface area contributed by atoms with E-state index in [2.05, 4.69) is 44.3 Å². The molecule has 0 atom stereocenters. The zero-order chi connectivity index (χ0) is 18.4. The number of rotatable bonds is 6. The second kappa shape index (κ2) is 9.11. The zero-order valence-electron chi connectivity index (χ0n) is 15.4. The maximum Gasteiger partial charge on any atom is 0.261 e. The topological polar surface area (TPSA) is 30.5 Å². The van der Waals surface area contributed by atoms with Crippen LogP contribution in [-0.4, -0.2) is 18.5 Å². The van der Waals surface area contributed by atoms with Crippen LogP contribution in [0, 0.1) is 13.8 Å². The summed E-state index contributed by atoms with van der Waals surface area (Å²) >= 11 is 6.81. The fraction of sp³-hybridized carbons (Fsp3) is 0.350. The molecule has 25 heavy (non-hydrogen) atoms. The molecule has 0 aliphatic carbocycles. The Morgan fingerprint density at radius 1 is 1.16 bits per heavy atom. The fourth-order valence-electron chi connectivity index (χ4n) is 2.66. The van der Waals surface area contributed by atoms with Gasteiger partial charge in [-0.2, -0.15) is 0 Å². The van der Waals surface area contributed by atoms with Crippen LogP contribution in [0.1, 0.15) is 29.2 Å². The highest BCUT2D eigenvalue weighted by Gasteiger charge is 2.13. The molecule has 0 aromatic heterocycles. The molecule has 0 bridgehead atoms. The highest BCUT2D eigenvalue weighted by Crippen LogP contribution is 2.31. The summed E-state index contributed by atoms with van der Waals surface area (Å²) in [7, 11) is 1.75. The van der Waals surface area contributed by atoms with E-state index in [4.69, 9.17) is 21.7 Å². The van der Waals surface area contributed by atoms with Gasteiger partial charge in [-0.05, 0) is 73.6 Å². The molecule has 0 aliphatic heterocycles. The number of hydrogen-bond donors (Lipinski definition) is 1. The minimum Gasteiger partial charge on any atom is -0.488 e. The SMILES string of the molecule is CCc1cc(C)c(OCc2c(OC(=S)NC)cccc2SC)cc1C. The number of thiocarbonyl (C=S) groups is 1. The van der Waals surface area contributed by atoms with E-state index in [1.54, 1.807) is 18.8 Å². The number of benzene rings is 2. The maximum absolute atomic E-state index is 6.14. The van der Waals surface area contributed by atoms with E-state index in [1.807, 2.05) is 18.4 Å². The molecule has 2 rings (SSSR count). The Bertz CT molecular complexity index is 760. The highest BCUT2D eigenvalue weighted by atomic mass is 32.2. The third-order valence-corrected chi connectivity index (χ3v) is 5.21. The van der Waals surface area contributed by atoms with E-state index in [0.717, 1.165) is 33.9 Å². The van der Waals surface area contributed by atoms with Crippen molar-refractivity contribution in [2.45, 2.75) is 38.7 Å². The van der Waals surface area contributed by atoms with Crippen molar-refractivity contribution in [2.75, 3.05) is 13.3 Å². The first kappa shape index (κ1) is 19.6. The molecule has 0 amide bonds. The molecule has 0 spiro atoms. The Morgan fingerprint density at radius 2 is 1.92 bits per heavy atom. The maximum atomic E-state index is 6.14. The number of aryl methyl sites for hydroxylation is 3. The molecule has 5 heteroatoms. The van der Waals surface area contributed by atoms with E-state index >= 15 is 0 Å². The van der Waals surface area contributed by atoms with Gasteiger partial charge in [0.15, 0.2) is 0 Å². The summed E-state index contributed by atoms with van der Waals surface area (Å²) in [6, 6.07) is 10.3. The van der Waals surface area contributed by atoms with Crippen molar-refractivity contribution in [1.82, 2.24) is 5.32 Å². The highest BCUT2D eigenvalue weighted by molar-refractivity contribution is 7.98. The lowest BCUT2D eigenvalue weighted by atomic mass is 10.0. The number of thioether (sulfide) groups is 1. The summed E-state index contributed by atoms with van der Waals surface area (Å²) in [5, 5.41) is 3.19. The Hall–Kier alpha value is -1.72. The van der Waals surface area contributed by atoms with Gasteiger partial charge < -0.3 is 14.8 Å². The van der Waals surface area contributed by atoms with Crippen molar-refractivity contribution in [1.29, 1.82) is 0 Å². The third-order valence-electron chi connectivity index (χ3n) is 4.10. The standard InChI is InChI=1S/C20H25NO2S2/c1-6-15-10-14(3)18(11-13(15)2)22-12-16-17(23-20(24)21-4)8-7-9-19(16)25-5/h7-11H,6,12H2,1-5H3,(H,21,24). The van der Waals surface area contributed by atoms with Gasteiger partial charge in [-0.1, -0.05) is 19.1 Å². The van der Waals surface area contributed by atoms with Crippen LogP contribution in [0.3, 0.4) is 0 Å². The molecule has 2 aromatic rings. The first-order chi connectivity index (χ1) is 12.0. The molecule has 2 aromatic carbocycles. The van der Waals surface area contributed by atoms with Crippen molar-refractivity contribution in [3.05, 3.63) is 52.6 Å². The van der Waals surface area contributed by atoms with Crippen molar-refractivity contribution < 1.29 is 9.47 Å². The Morgan fingerprint density at radius 3 is 2.56 bits per heavy atom. The number of hydrogen-bond acceptors (Lipinski definition) is 4. The normalized spacial score (nSPS) is 10.4. The quantitative estimate of drug-likeness (QED) is 0.564. The van der Waals surface area contributed by atoms with Crippen LogP contribution in [-0.2, 0) is 13.0 Å². The lowest BCUT2D eigenvalue weighted by Gasteiger charge is -2.17. The van der Waals surface area contributed by atoms with Gasteiger partial charge in [-0.25, -0.2) is 0 Å². The van der Waals surface area contributed by atoms with E-state index in [-0.39, 0.29) is 0 Å². The molecule has 0 unspecified atom stereocenters. The van der Waals surface area contributed by atoms with Gasteiger partial charge in [0, 0.05) is 17.5 Å². The van der Waals surface area contributed by atoms with E-state index in [0.29, 0.717) is 11.8 Å². The molecule has 0 saturated carbocycles. The fourth-order valence-corrected chi connectivity index (χ4v) is 3.37. The van der Waals surface area contributed by atoms with Gasteiger partial charge in [0.1, 0.15) is 18.1 Å². The van der Waals surface area contributed by atoms with E-state index in [9.17, 15) is 0 Å². The van der Waals surface area contributed by atoms with Crippen molar-refractivity contribution in [2.24, 2.45) is 0 Å². The van der Waals surface area contributed by atoms with Crippen LogP contribution in [0.5, 0.6) is 11.5 Å². The molecule has 0 aliphatic rings. The van der Waals surface area contributed by atoms with Gasteiger partial charge >= 0.3 is 0 Å². The average Bonchev–Trinajstić information content (AvgIpc) is 2.62. The molecular weight excluding hydrogens is 350 g/mol. The van der Waals surface area contributed by atoms with Gasteiger partial charge in [0.25, 0.3) is 5.17 Å². The Labute approximate surface area is 160 Å². The molecular formula is C20H25NO2S2. The van der Waals surface area contributed by atoms with Crippen LogP contribution in [0.15, 0.2) is 35.2 Å². The summed E-state index contributed by atoms with van der Waals surface area (Å²) in [6.45, 7) is 6.82. The van der Waals surface area contributed by atoms with Crippen molar-refractivity contribution in [3.8, 4) is 11.5 Å². The molecule has 0 heterocycles. The molecule has 0 saturated heterocycles. The molecule has 0 radical (unpaired) electrons. The lowest BCUT2D eigenvalue weighted by Crippen LogP contribution is -2.22. The third kappa shape index (κ3) is 4.89. The molecule has 1 N–H and O–H groups in total. The molecule has 134 valence electrons. The summed E-state index contributed by atoms with van der Waals surface area (Å²) in [5.74, 6) is 1.64. The lowest BCUT2D eigenvalue weighted by molar-refractivity contribution is 0.296. The second-order valence-corrected chi connectivity index (χ2v) is 6.98. The van der Waals surface area contributed by atoms with E-state index < -0.39 is 0 Å². The summed E-state index contributed by atoms with van der Waals surface area (Å²) in [5.41, 5.74) is 4.77. The van der Waals surface area contributed by atoms with Crippen LogP contribution in [0.4, 0.5) is 0 Å². The molecule has 0 fully saturated rings. The smallest absolute Gasteiger partial charge is 0.261 e. The Kier molecular flexibility index (Phi) is 7.14.